The summed E-state index contributed by atoms with van der Waals surface area (Å²) in [6, 6.07) is 11.5. The number of nitrogens with zero attached hydrogens (tertiary/aromatic N) is 2. The van der Waals surface area contributed by atoms with Crippen molar-refractivity contribution in [3.63, 3.8) is 0 Å². The molecule has 0 saturated carbocycles. The van der Waals surface area contributed by atoms with Crippen LogP contribution in [0.4, 0.5) is 10.1 Å². The summed E-state index contributed by atoms with van der Waals surface area (Å²) in [5.41, 5.74) is 2.22. The molecule has 1 amide bonds. The van der Waals surface area contributed by atoms with E-state index in [2.05, 4.69) is 31.4 Å². The summed E-state index contributed by atoms with van der Waals surface area (Å²) < 4.78 is 15.2. The Bertz CT molecular complexity index is 842. The molecule has 23 heavy (non-hydrogen) atoms. The number of hydrogen-bond donors (Lipinski definition) is 1. The van der Waals surface area contributed by atoms with Crippen LogP contribution >= 0.6 is 39.0 Å². The first-order valence-corrected chi connectivity index (χ1v) is 8.92. The number of benzene rings is 2. The number of carbonyl (C=O) groups is 1. The van der Waals surface area contributed by atoms with Gasteiger partial charge in [0.2, 0.25) is 0 Å². The Morgan fingerprint density at radius 3 is 2.87 bits per heavy atom. The minimum absolute atomic E-state index is 0.0184. The molecule has 1 heterocycles. The fraction of sp³-hybridized carbons (Fsp3) is 0. The monoisotopic (exact) mass is 409 g/mol. The lowest BCUT2D eigenvalue weighted by Crippen LogP contribution is -2.14. The molecule has 0 spiro atoms. The van der Waals surface area contributed by atoms with E-state index in [4.69, 9.17) is 0 Å². The number of para-hydroxylation sites is 1. The average Bonchev–Trinajstić information content (AvgIpc) is 3.04. The zero-order valence-electron chi connectivity index (χ0n) is 11.5. The van der Waals surface area contributed by atoms with E-state index in [1.165, 1.54) is 35.2 Å². The summed E-state index contributed by atoms with van der Waals surface area (Å²) in [6.45, 7) is 0. The Balaban J connectivity index is 1.85. The van der Waals surface area contributed by atoms with E-state index in [-0.39, 0.29) is 5.56 Å². The maximum Gasteiger partial charge on any atom is 0.258 e. The Labute approximate surface area is 148 Å². The Morgan fingerprint density at radius 2 is 2.09 bits per heavy atom. The van der Waals surface area contributed by atoms with Gasteiger partial charge in [-0.2, -0.15) is 0 Å². The summed E-state index contributed by atoms with van der Waals surface area (Å²) in [7, 11) is 0. The third kappa shape index (κ3) is 3.95. The van der Waals surface area contributed by atoms with E-state index in [0.29, 0.717) is 10.2 Å². The molecule has 0 saturated heterocycles. The molecule has 0 fully saturated rings. The van der Waals surface area contributed by atoms with Crippen LogP contribution in [0.25, 0.3) is 0 Å². The number of amides is 1. The SMILES string of the molecule is O=C(Nc1ccccc1Sc1nncs1)c1cc(Br)ccc1F. The summed E-state index contributed by atoms with van der Waals surface area (Å²) in [6.07, 6.45) is 0. The third-order valence-electron chi connectivity index (χ3n) is 2.85. The van der Waals surface area contributed by atoms with Gasteiger partial charge in [0.1, 0.15) is 11.3 Å². The van der Waals surface area contributed by atoms with Gasteiger partial charge in [0.15, 0.2) is 4.34 Å². The molecule has 4 nitrogen and oxygen atoms in total. The lowest BCUT2D eigenvalue weighted by molar-refractivity contribution is 0.102. The van der Waals surface area contributed by atoms with Gasteiger partial charge in [0, 0.05) is 9.37 Å². The summed E-state index contributed by atoms with van der Waals surface area (Å²) in [4.78, 5) is 13.1. The molecule has 0 radical (unpaired) electrons. The molecule has 0 aliphatic carbocycles. The van der Waals surface area contributed by atoms with Crippen molar-refractivity contribution in [3.05, 3.63) is 63.8 Å². The van der Waals surface area contributed by atoms with Crippen molar-refractivity contribution in [1.29, 1.82) is 0 Å². The van der Waals surface area contributed by atoms with Gasteiger partial charge in [-0.1, -0.05) is 51.2 Å². The molecule has 3 rings (SSSR count). The predicted octanol–water partition coefficient (Wildman–Crippen LogP) is 4.84. The highest BCUT2D eigenvalue weighted by molar-refractivity contribution is 9.10. The van der Waals surface area contributed by atoms with Crippen molar-refractivity contribution >= 4 is 50.6 Å². The zero-order chi connectivity index (χ0) is 16.2. The van der Waals surface area contributed by atoms with Crippen LogP contribution in [0.3, 0.4) is 0 Å². The largest absolute Gasteiger partial charge is 0.321 e. The van der Waals surface area contributed by atoms with E-state index in [1.807, 2.05) is 12.1 Å². The van der Waals surface area contributed by atoms with Gasteiger partial charge in [-0.3, -0.25) is 4.79 Å². The van der Waals surface area contributed by atoms with Gasteiger partial charge in [-0.05, 0) is 30.3 Å². The fourth-order valence-electron chi connectivity index (χ4n) is 1.82. The zero-order valence-corrected chi connectivity index (χ0v) is 14.7. The van der Waals surface area contributed by atoms with E-state index in [1.54, 1.807) is 23.7 Å². The van der Waals surface area contributed by atoms with Crippen molar-refractivity contribution in [2.24, 2.45) is 0 Å². The van der Waals surface area contributed by atoms with Gasteiger partial charge in [0.05, 0.1) is 11.3 Å². The fourth-order valence-corrected chi connectivity index (χ4v) is 3.70. The maximum absolute atomic E-state index is 13.8. The topological polar surface area (TPSA) is 54.9 Å². The lowest BCUT2D eigenvalue weighted by Gasteiger charge is -2.10. The Hall–Kier alpha value is -1.77. The van der Waals surface area contributed by atoms with Crippen LogP contribution < -0.4 is 5.32 Å². The average molecular weight is 410 g/mol. The van der Waals surface area contributed by atoms with Gasteiger partial charge in [-0.25, -0.2) is 4.39 Å². The molecular weight excluding hydrogens is 401 g/mol. The van der Waals surface area contributed by atoms with Crippen LogP contribution in [0.2, 0.25) is 0 Å². The highest BCUT2D eigenvalue weighted by Gasteiger charge is 2.15. The van der Waals surface area contributed by atoms with Gasteiger partial charge in [0.25, 0.3) is 5.91 Å². The number of hydrogen-bond acceptors (Lipinski definition) is 5. The molecule has 0 bridgehead atoms. The molecule has 1 N–H and O–H groups in total. The predicted molar refractivity (Wildman–Crippen MR) is 92.5 cm³/mol. The molecule has 2 aromatic carbocycles. The number of nitrogens with one attached hydrogen (secondary N) is 1. The van der Waals surface area contributed by atoms with Crippen molar-refractivity contribution in [2.75, 3.05) is 5.32 Å². The van der Waals surface area contributed by atoms with Crippen LogP contribution in [0.5, 0.6) is 0 Å². The van der Waals surface area contributed by atoms with Crippen LogP contribution in [0.1, 0.15) is 10.4 Å². The summed E-state index contributed by atoms with van der Waals surface area (Å²) >= 11 is 6.04. The molecule has 0 unspecified atom stereocenters. The molecule has 116 valence electrons. The quantitative estimate of drug-likeness (QED) is 0.669. The van der Waals surface area contributed by atoms with Gasteiger partial charge >= 0.3 is 0 Å². The number of carbonyl (C=O) groups excluding carboxylic acids is 1. The second-order valence-electron chi connectivity index (χ2n) is 4.38. The van der Waals surface area contributed by atoms with Crippen LogP contribution in [-0.2, 0) is 0 Å². The van der Waals surface area contributed by atoms with Crippen molar-refractivity contribution in [3.8, 4) is 0 Å². The molecule has 0 aliphatic rings. The molecule has 3 aromatic rings. The standard InChI is InChI=1S/C15H9BrFN3OS2/c16-9-5-6-11(17)10(7-9)14(21)19-12-3-1-2-4-13(12)23-15-20-18-8-22-15/h1-8H,(H,19,21). The first-order valence-electron chi connectivity index (χ1n) is 6.43. The van der Waals surface area contributed by atoms with E-state index in [0.717, 1.165) is 9.24 Å². The third-order valence-corrected chi connectivity index (χ3v) is 5.19. The first-order chi connectivity index (χ1) is 11.1. The molecule has 1 aromatic heterocycles. The second kappa shape index (κ2) is 7.20. The lowest BCUT2D eigenvalue weighted by atomic mass is 10.2. The molecule has 8 heteroatoms. The summed E-state index contributed by atoms with van der Waals surface area (Å²) in [5.74, 6) is -1.07. The van der Waals surface area contributed by atoms with Crippen molar-refractivity contribution < 1.29 is 9.18 Å². The number of anilines is 1. The number of rotatable bonds is 4. The van der Waals surface area contributed by atoms with Crippen LogP contribution in [0.15, 0.2) is 61.7 Å². The van der Waals surface area contributed by atoms with Gasteiger partial charge < -0.3 is 5.32 Å². The Kier molecular flexibility index (Phi) is 5.04. The molecule has 0 atom stereocenters. The van der Waals surface area contributed by atoms with Crippen LogP contribution in [-0.4, -0.2) is 16.1 Å². The van der Waals surface area contributed by atoms with Gasteiger partial charge in [-0.15, -0.1) is 10.2 Å². The van der Waals surface area contributed by atoms with E-state index < -0.39 is 11.7 Å². The second-order valence-corrected chi connectivity index (χ2v) is 7.42. The normalized spacial score (nSPS) is 10.5. The van der Waals surface area contributed by atoms with E-state index in [9.17, 15) is 9.18 Å². The highest BCUT2D eigenvalue weighted by Crippen LogP contribution is 2.34. The van der Waals surface area contributed by atoms with E-state index >= 15 is 0 Å². The Morgan fingerprint density at radius 1 is 1.26 bits per heavy atom. The molecule has 0 aliphatic heterocycles. The molecular formula is C15H9BrFN3OS2. The smallest absolute Gasteiger partial charge is 0.258 e. The van der Waals surface area contributed by atoms with Crippen LogP contribution in [0, 0.1) is 5.82 Å². The number of aromatic nitrogens is 2. The maximum atomic E-state index is 13.8. The highest BCUT2D eigenvalue weighted by atomic mass is 79.9. The summed E-state index contributed by atoms with van der Waals surface area (Å²) in [5, 5.41) is 10.5. The minimum Gasteiger partial charge on any atom is -0.321 e. The minimum atomic E-state index is -0.569. The number of halogens is 2. The van der Waals surface area contributed by atoms with Crippen molar-refractivity contribution in [2.45, 2.75) is 9.24 Å². The first kappa shape index (κ1) is 16.1. The van der Waals surface area contributed by atoms with Crippen molar-refractivity contribution in [1.82, 2.24) is 10.2 Å².